The Morgan fingerprint density at radius 1 is 1.09 bits per heavy atom. The number of hydrogen-bond acceptors (Lipinski definition) is 7. The molecule has 0 N–H and O–H groups in total. The maximum absolute atomic E-state index is 11.0. The summed E-state index contributed by atoms with van der Waals surface area (Å²) in [5.74, 6) is 1.99. The molecule has 0 unspecified atom stereocenters. The van der Waals surface area contributed by atoms with Crippen molar-refractivity contribution in [3.05, 3.63) is 70.9 Å². The summed E-state index contributed by atoms with van der Waals surface area (Å²) in [5, 5.41) is 0. The van der Waals surface area contributed by atoms with Crippen molar-refractivity contribution < 1.29 is 23.7 Å². The third-order valence-corrected chi connectivity index (χ3v) is 6.49. The lowest BCUT2D eigenvalue weighted by Gasteiger charge is -2.28. The van der Waals surface area contributed by atoms with Gasteiger partial charge in [0.2, 0.25) is 5.88 Å². The van der Waals surface area contributed by atoms with E-state index in [2.05, 4.69) is 42.2 Å². The molecule has 7 nitrogen and oxygen atoms in total. The monoisotopic (exact) mass is 474 g/mol. The van der Waals surface area contributed by atoms with Gasteiger partial charge < -0.3 is 18.9 Å². The number of carbonyl (C=O) groups is 1. The molecule has 0 amide bonds. The van der Waals surface area contributed by atoms with Gasteiger partial charge in [-0.25, -0.2) is 4.98 Å². The number of benzene rings is 2. The van der Waals surface area contributed by atoms with E-state index in [1.54, 1.807) is 0 Å². The third-order valence-electron chi connectivity index (χ3n) is 6.49. The van der Waals surface area contributed by atoms with Gasteiger partial charge in [-0.3, -0.25) is 9.69 Å². The Bertz CT molecular complexity index is 1230. The zero-order valence-corrected chi connectivity index (χ0v) is 20.2. The van der Waals surface area contributed by atoms with E-state index in [-0.39, 0.29) is 5.97 Å². The molecule has 7 heteroatoms. The topological polar surface area (TPSA) is 70.1 Å². The number of ether oxygens (including phenoxy) is 4. The summed E-state index contributed by atoms with van der Waals surface area (Å²) >= 11 is 0. The Balaban J connectivity index is 1.24. The van der Waals surface area contributed by atoms with E-state index >= 15 is 0 Å². The Kier molecular flexibility index (Phi) is 6.86. The van der Waals surface area contributed by atoms with Crippen LogP contribution in [-0.4, -0.2) is 48.8 Å². The van der Waals surface area contributed by atoms with Crippen molar-refractivity contribution >= 4 is 5.97 Å². The fourth-order valence-electron chi connectivity index (χ4n) is 4.56. The van der Waals surface area contributed by atoms with Crippen molar-refractivity contribution in [2.24, 2.45) is 0 Å². The van der Waals surface area contributed by atoms with Crippen molar-refractivity contribution in [2.75, 3.05) is 32.9 Å². The number of nitrogens with zero attached hydrogens (tertiary/aromatic N) is 2. The highest BCUT2D eigenvalue weighted by Crippen LogP contribution is 2.36. The molecule has 0 bridgehead atoms. The summed E-state index contributed by atoms with van der Waals surface area (Å²) in [4.78, 5) is 18.0. The molecular weight excluding hydrogens is 444 g/mol. The predicted molar refractivity (Wildman–Crippen MR) is 132 cm³/mol. The molecule has 1 aromatic heterocycles. The van der Waals surface area contributed by atoms with Crippen LogP contribution in [0.4, 0.5) is 0 Å². The molecule has 0 saturated heterocycles. The highest BCUT2D eigenvalue weighted by Gasteiger charge is 2.19. The maximum Gasteiger partial charge on any atom is 0.302 e. The highest BCUT2D eigenvalue weighted by molar-refractivity contribution is 5.71. The fraction of sp³-hybridized carbons (Fsp3) is 0.357. The van der Waals surface area contributed by atoms with E-state index in [0.29, 0.717) is 32.3 Å². The smallest absolute Gasteiger partial charge is 0.302 e. The summed E-state index contributed by atoms with van der Waals surface area (Å²) < 4.78 is 22.6. The minimum absolute atomic E-state index is 0.238. The number of carbonyl (C=O) groups excluding carboxylic acids is 1. The van der Waals surface area contributed by atoms with Gasteiger partial charge >= 0.3 is 5.97 Å². The molecule has 2 aliphatic heterocycles. The minimum Gasteiger partial charge on any atom is -0.486 e. The highest BCUT2D eigenvalue weighted by atomic mass is 16.6. The predicted octanol–water partition coefficient (Wildman–Crippen LogP) is 4.33. The van der Waals surface area contributed by atoms with Crippen molar-refractivity contribution in [1.82, 2.24) is 9.88 Å². The standard InChI is InChI=1S/C28H30N2O5/c1-19-23(4-3-5-24(19)21-6-8-26-27(16-21)34-15-14-33-26)18-35-28-9-7-22-17-30(11-10-25(22)29-28)12-13-32-20(2)31/h3-9,16H,10-15,17-18H2,1-2H3. The van der Waals surface area contributed by atoms with Gasteiger partial charge in [0, 0.05) is 39.0 Å². The molecule has 0 spiro atoms. The SMILES string of the molecule is CC(=O)OCCN1CCc2nc(OCc3cccc(-c4ccc5c(c4)OCCO5)c3C)ccc2C1. The quantitative estimate of drug-likeness (QED) is 0.472. The van der Waals surface area contributed by atoms with Gasteiger partial charge in [0.15, 0.2) is 11.5 Å². The van der Waals surface area contributed by atoms with Gasteiger partial charge in [-0.1, -0.05) is 30.3 Å². The van der Waals surface area contributed by atoms with Gasteiger partial charge in [-0.15, -0.1) is 0 Å². The van der Waals surface area contributed by atoms with Crippen LogP contribution in [0.25, 0.3) is 11.1 Å². The Hall–Kier alpha value is -3.58. The summed E-state index contributed by atoms with van der Waals surface area (Å²) in [6, 6.07) is 16.4. The maximum atomic E-state index is 11.0. The second kappa shape index (κ2) is 10.4. The van der Waals surface area contributed by atoms with Crippen molar-refractivity contribution in [3.63, 3.8) is 0 Å². The van der Waals surface area contributed by atoms with Crippen LogP contribution in [0.3, 0.4) is 0 Å². The molecule has 5 rings (SSSR count). The van der Waals surface area contributed by atoms with E-state index in [9.17, 15) is 4.79 Å². The molecule has 0 fully saturated rings. The number of fused-ring (bicyclic) bond motifs is 2. The van der Waals surface area contributed by atoms with Crippen molar-refractivity contribution in [3.8, 4) is 28.5 Å². The number of hydrogen-bond donors (Lipinski definition) is 0. The van der Waals surface area contributed by atoms with Crippen LogP contribution < -0.4 is 14.2 Å². The average Bonchev–Trinajstić information content (AvgIpc) is 2.87. The van der Waals surface area contributed by atoms with Crippen LogP contribution in [0, 0.1) is 6.92 Å². The molecule has 0 saturated carbocycles. The lowest BCUT2D eigenvalue weighted by Crippen LogP contribution is -2.34. The summed E-state index contributed by atoms with van der Waals surface area (Å²) in [7, 11) is 0. The Morgan fingerprint density at radius 3 is 2.80 bits per heavy atom. The average molecular weight is 475 g/mol. The van der Waals surface area contributed by atoms with Crippen LogP contribution in [-0.2, 0) is 29.1 Å². The molecule has 182 valence electrons. The van der Waals surface area contributed by atoms with Crippen molar-refractivity contribution in [1.29, 1.82) is 0 Å². The Morgan fingerprint density at radius 2 is 1.94 bits per heavy atom. The van der Waals surface area contributed by atoms with Gasteiger partial charge in [0.05, 0.1) is 5.69 Å². The molecule has 3 heterocycles. The van der Waals surface area contributed by atoms with Crippen LogP contribution in [0.15, 0.2) is 48.5 Å². The van der Waals surface area contributed by atoms with Gasteiger partial charge in [0.25, 0.3) is 0 Å². The molecule has 3 aromatic rings. The van der Waals surface area contributed by atoms with E-state index in [1.165, 1.54) is 18.1 Å². The first kappa shape index (κ1) is 23.2. The number of esters is 1. The van der Waals surface area contributed by atoms with Crippen LogP contribution in [0.2, 0.25) is 0 Å². The number of aromatic nitrogens is 1. The molecule has 0 aliphatic carbocycles. The normalized spacial score (nSPS) is 14.8. The summed E-state index contributed by atoms with van der Waals surface area (Å²) in [6.07, 6.45) is 0.852. The lowest BCUT2D eigenvalue weighted by atomic mass is 9.96. The van der Waals surface area contributed by atoms with E-state index in [0.717, 1.165) is 59.9 Å². The molecule has 35 heavy (non-hydrogen) atoms. The largest absolute Gasteiger partial charge is 0.486 e. The Labute approximate surface area is 205 Å². The summed E-state index contributed by atoms with van der Waals surface area (Å²) in [5.41, 5.74) is 6.81. The zero-order chi connectivity index (χ0) is 24.2. The van der Waals surface area contributed by atoms with E-state index in [4.69, 9.17) is 23.9 Å². The molecule has 0 radical (unpaired) electrons. The lowest BCUT2D eigenvalue weighted by molar-refractivity contribution is -0.141. The molecular formula is C28H30N2O5. The molecule has 2 aliphatic rings. The first-order valence-electron chi connectivity index (χ1n) is 12.0. The van der Waals surface area contributed by atoms with Crippen LogP contribution in [0.1, 0.15) is 29.3 Å². The van der Waals surface area contributed by atoms with Gasteiger partial charge in [-0.05, 0) is 46.9 Å². The molecule has 0 atom stereocenters. The number of rotatable bonds is 7. The van der Waals surface area contributed by atoms with Crippen LogP contribution in [0.5, 0.6) is 17.4 Å². The second-order valence-corrected chi connectivity index (χ2v) is 8.86. The van der Waals surface area contributed by atoms with Gasteiger partial charge in [0.1, 0.15) is 26.4 Å². The zero-order valence-electron chi connectivity index (χ0n) is 20.2. The third kappa shape index (κ3) is 5.41. The first-order valence-corrected chi connectivity index (χ1v) is 12.0. The van der Waals surface area contributed by atoms with E-state index < -0.39 is 0 Å². The first-order chi connectivity index (χ1) is 17.1. The van der Waals surface area contributed by atoms with Gasteiger partial charge in [-0.2, -0.15) is 0 Å². The minimum atomic E-state index is -0.238. The summed E-state index contributed by atoms with van der Waals surface area (Å²) in [6.45, 7) is 8.02. The van der Waals surface area contributed by atoms with Crippen molar-refractivity contribution in [2.45, 2.75) is 33.4 Å². The second-order valence-electron chi connectivity index (χ2n) is 8.86. The molecule has 2 aromatic carbocycles. The number of pyridine rings is 1. The fourth-order valence-corrected chi connectivity index (χ4v) is 4.56. The van der Waals surface area contributed by atoms with Crippen LogP contribution >= 0.6 is 0 Å². The van der Waals surface area contributed by atoms with E-state index in [1.807, 2.05) is 18.2 Å².